The Labute approximate surface area is 86.5 Å². The number of hydrogen-bond donors (Lipinski definition) is 2. The molecule has 0 spiro atoms. The molecular formula is C11H22N2O. The van der Waals surface area contributed by atoms with Crippen LogP contribution in [0.2, 0.25) is 0 Å². The normalized spacial score (nSPS) is 30.9. The van der Waals surface area contributed by atoms with Gasteiger partial charge < -0.3 is 15.3 Å². The Morgan fingerprint density at radius 2 is 2.21 bits per heavy atom. The highest BCUT2D eigenvalue weighted by Crippen LogP contribution is 2.20. The van der Waals surface area contributed by atoms with Crippen LogP contribution >= 0.6 is 0 Å². The van der Waals surface area contributed by atoms with Crippen molar-refractivity contribution in [1.29, 1.82) is 0 Å². The second kappa shape index (κ2) is 4.60. The summed E-state index contributed by atoms with van der Waals surface area (Å²) in [5.74, 6) is 0.843. The molecule has 14 heavy (non-hydrogen) atoms. The van der Waals surface area contributed by atoms with Gasteiger partial charge in [0.15, 0.2) is 0 Å². The Bertz CT molecular complexity index is 182. The molecule has 1 aliphatic heterocycles. The lowest BCUT2D eigenvalue weighted by molar-refractivity contribution is 0.195. The van der Waals surface area contributed by atoms with E-state index < -0.39 is 0 Å². The zero-order valence-corrected chi connectivity index (χ0v) is 9.08. The van der Waals surface area contributed by atoms with Crippen LogP contribution in [0.4, 0.5) is 0 Å². The molecule has 1 saturated carbocycles. The fourth-order valence-corrected chi connectivity index (χ4v) is 2.25. The van der Waals surface area contributed by atoms with Crippen LogP contribution in [0.5, 0.6) is 0 Å². The first kappa shape index (κ1) is 10.4. The van der Waals surface area contributed by atoms with Gasteiger partial charge >= 0.3 is 0 Å². The Morgan fingerprint density at radius 1 is 1.43 bits per heavy atom. The van der Waals surface area contributed by atoms with Crippen LogP contribution in [0.25, 0.3) is 0 Å². The van der Waals surface area contributed by atoms with E-state index in [4.69, 9.17) is 0 Å². The van der Waals surface area contributed by atoms with Gasteiger partial charge in [0.25, 0.3) is 0 Å². The zero-order chi connectivity index (χ0) is 9.97. The van der Waals surface area contributed by atoms with Gasteiger partial charge in [-0.1, -0.05) is 6.92 Å². The van der Waals surface area contributed by atoms with Crippen LogP contribution < -0.4 is 5.32 Å². The number of likely N-dealkylation sites (tertiary alicyclic amines) is 1. The van der Waals surface area contributed by atoms with Crippen molar-refractivity contribution < 1.29 is 5.11 Å². The van der Waals surface area contributed by atoms with Gasteiger partial charge in [-0.2, -0.15) is 0 Å². The molecule has 0 radical (unpaired) electrons. The Kier molecular flexibility index (Phi) is 3.42. The van der Waals surface area contributed by atoms with Gasteiger partial charge in [0.2, 0.25) is 0 Å². The first-order valence-corrected chi connectivity index (χ1v) is 5.87. The third-order valence-corrected chi connectivity index (χ3v) is 3.26. The van der Waals surface area contributed by atoms with E-state index in [0.717, 1.165) is 12.5 Å². The van der Waals surface area contributed by atoms with E-state index in [1.807, 2.05) is 0 Å². The lowest BCUT2D eigenvalue weighted by atomic mass is 10.2. The van der Waals surface area contributed by atoms with Gasteiger partial charge in [-0.15, -0.1) is 0 Å². The first-order valence-electron chi connectivity index (χ1n) is 5.87. The Balaban J connectivity index is 1.70. The summed E-state index contributed by atoms with van der Waals surface area (Å²) in [6, 6.07) is 1.000. The van der Waals surface area contributed by atoms with Crippen molar-refractivity contribution in [3.63, 3.8) is 0 Å². The van der Waals surface area contributed by atoms with Crippen LogP contribution in [-0.2, 0) is 0 Å². The summed E-state index contributed by atoms with van der Waals surface area (Å²) >= 11 is 0. The summed E-state index contributed by atoms with van der Waals surface area (Å²) in [5, 5.41) is 12.7. The zero-order valence-electron chi connectivity index (χ0n) is 9.08. The monoisotopic (exact) mass is 198 g/mol. The highest BCUT2D eigenvalue weighted by atomic mass is 16.3. The number of rotatable bonds is 5. The maximum atomic E-state index is 9.24. The summed E-state index contributed by atoms with van der Waals surface area (Å²) in [6.45, 7) is 6.04. The molecule has 2 N–H and O–H groups in total. The summed E-state index contributed by atoms with van der Waals surface area (Å²) in [4.78, 5) is 2.47. The lowest BCUT2D eigenvalue weighted by Gasteiger charge is -2.23. The molecule has 1 heterocycles. The molecule has 1 aliphatic carbocycles. The number of aliphatic hydroxyl groups excluding tert-OH is 1. The fourth-order valence-electron chi connectivity index (χ4n) is 2.25. The molecule has 2 atom stereocenters. The average molecular weight is 198 g/mol. The summed E-state index contributed by atoms with van der Waals surface area (Å²) in [7, 11) is 0. The standard InChI is InChI=1S/C11H22N2O/c1-9-4-5-13(6-9)7-11(8-14)12-10-2-3-10/h9-12,14H,2-8H2,1H3. The highest BCUT2D eigenvalue weighted by molar-refractivity contribution is 4.87. The van der Waals surface area contributed by atoms with E-state index in [1.54, 1.807) is 0 Å². The third kappa shape index (κ3) is 2.94. The van der Waals surface area contributed by atoms with Crippen molar-refractivity contribution in [2.75, 3.05) is 26.2 Å². The molecule has 3 nitrogen and oxygen atoms in total. The molecule has 0 bridgehead atoms. The second-order valence-corrected chi connectivity index (χ2v) is 4.97. The molecular weight excluding hydrogens is 176 g/mol. The van der Waals surface area contributed by atoms with Crippen molar-refractivity contribution in [2.24, 2.45) is 5.92 Å². The molecule has 0 aromatic rings. The van der Waals surface area contributed by atoms with Gasteiger partial charge in [0.1, 0.15) is 0 Å². The highest BCUT2D eigenvalue weighted by Gasteiger charge is 2.27. The molecule has 3 heteroatoms. The number of aliphatic hydroxyl groups is 1. The molecule has 2 fully saturated rings. The topological polar surface area (TPSA) is 35.5 Å². The number of nitrogens with zero attached hydrogens (tertiary/aromatic N) is 1. The van der Waals surface area contributed by atoms with Crippen LogP contribution in [-0.4, -0.2) is 48.3 Å². The number of hydrogen-bond acceptors (Lipinski definition) is 3. The van der Waals surface area contributed by atoms with Crippen molar-refractivity contribution in [1.82, 2.24) is 10.2 Å². The minimum absolute atomic E-state index is 0.279. The fraction of sp³-hybridized carbons (Fsp3) is 1.00. The molecule has 2 unspecified atom stereocenters. The molecule has 0 aromatic heterocycles. The third-order valence-electron chi connectivity index (χ3n) is 3.26. The lowest BCUT2D eigenvalue weighted by Crippen LogP contribution is -2.43. The SMILES string of the molecule is CC1CCN(CC(CO)NC2CC2)C1. The minimum atomic E-state index is 0.279. The van der Waals surface area contributed by atoms with E-state index in [0.29, 0.717) is 12.1 Å². The smallest absolute Gasteiger partial charge is 0.0597 e. The number of nitrogens with one attached hydrogen (secondary N) is 1. The van der Waals surface area contributed by atoms with E-state index in [2.05, 4.69) is 17.1 Å². The molecule has 0 amide bonds. The molecule has 2 rings (SSSR count). The first-order chi connectivity index (χ1) is 6.78. The van der Waals surface area contributed by atoms with Gasteiger partial charge in [0.05, 0.1) is 6.61 Å². The summed E-state index contributed by atoms with van der Waals surface area (Å²) in [5.41, 5.74) is 0. The van der Waals surface area contributed by atoms with Crippen molar-refractivity contribution in [3.8, 4) is 0 Å². The minimum Gasteiger partial charge on any atom is -0.395 e. The van der Waals surface area contributed by atoms with E-state index in [1.165, 1.54) is 32.4 Å². The van der Waals surface area contributed by atoms with Gasteiger partial charge in [-0.05, 0) is 31.7 Å². The quantitative estimate of drug-likeness (QED) is 0.673. The van der Waals surface area contributed by atoms with Crippen molar-refractivity contribution in [3.05, 3.63) is 0 Å². The maximum Gasteiger partial charge on any atom is 0.0597 e. The molecule has 0 aromatic carbocycles. The van der Waals surface area contributed by atoms with Crippen LogP contribution in [0.3, 0.4) is 0 Å². The van der Waals surface area contributed by atoms with Gasteiger partial charge in [-0.25, -0.2) is 0 Å². The van der Waals surface area contributed by atoms with Crippen LogP contribution in [0.1, 0.15) is 26.2 Å². The van der Waals surface area contributed by atoms with Crippen LogP contribution in [0, 0.1) is 5.92 Å². The van der Waals surface area contributed by atoms with Crippen molar-refractivity contribution in [2.45, 2.75) is 38.3 Å². The predicted molar refractivity (Wildman–Crippen MR) is 57.3 cm³/mol. The van der Waals surface area contributed by atoms with E-state index in [-0.39, 0.29) is 6.61 Å². The molecule has 2 aliphatic rings. The largest absolute Gasteiger partial charge is 0.395 e. The van der Waals surface area contributed by atoms with E-state index >= 15 is 0 Å². The van der Waals surface area contributed by atoms with Crippen LogP contribution in [0.15, 0.2) is 0 Å². The van der Waals surface area contributed by atoms with E-state index in [9.17, 15) is 5.11 Å². The second-order valence-electron chi connectivity index (χ2n) is 4.97. The van der Waals surface area contributed by atoms with Gasteiger partial charge in [-0.3, -0.25) is 0 Å². The maximum absolute atomic E-state index is 9.24. The summed E-state index contributed by atoms with van der Waals surface area (Å²) < 4.78 is 0. The Hall–Kier alpha value is -0.120. The predicted octanol–water partition coefficient (Wildman–Crippen LogP) is 0.441. The summed E-state index contributed by atoms with van der Waals surface area (Å²) in [6.07, 6.45) is 3.92. The Morgan fingerprint density at radius 3 is 2.71 bits per heavy atom. The molecule has 1 saturated heterocycles. The van der Waals surface area contributed by atoms with Gasteiger partial charge in [0, 0.05) is 25.2 Å². The van der Waals surface area contributed by atoms with Crippen molar-refractivity contribution >= 4 is 0 Å². The average Bonchev–Trinajstić information content (AvgIpc) is 2.89. The molecule has 82 valence electrons.